The van der Waals surface area contributed by atoms with E-state index in [1.54, 1.807) is 12.1 Å². The van der Waals surface area contributed by atoms with Crippen molar-refractivity contribution in [2.75, 3.05) is 0 Å². The van der Waals surface area contributed by atoms with Crippen LogP contribution in [0.2, 0.25) is 0 Å². The van der Waals surface area contributed by atoms with E-state index in [0.29, 0.717) is 16.5 Å². The van der Waals surface area contributed by atoms with E-state index in [1.165, 1.54) is 17.8 Å². The third-order valence-electron chi connectivity index (χ3n) is 2.17. The maximum absolute atomic E-state index is 13.3. The highest BCUT2D eigenvalue weighted by Crippen LogP contribution is 2.24. The molecule has 0 unspecified atom stereocenters. The molecule has 0 aliphatic rings. The number of nitrogens with zero attached hydrogens (tertiary/aromatic N) is 2. The Kier molecular flexibility index (Phi) is 4.14. The van der Waals surface area contributed by atoms with Crippen molar-refractivity contribution >= 4 is 11.8 Å². The van der Waals surface area contributed by atoms with Crippen molar-refractivity contribution < 1.29 is 8.91 Å². The quantitative estimate of drug-likeness (QED) is 0.764. The predicted octanol–water partition coefficient (Wildman–Crippen LogP) is 3.45. The Morgan fingerprint density at radius 3 is 2.94 bits per heavy atom. The first kappa shape index (κ1) is 12.1. The van der Waals surface area contributed by atoms with Gasteiger partial charge in [0.15, 0.2) is 5.82 Å². The first-order chi connectivity index (χ1) is 8.29. The summed E-state index contributed by atoms with van der Waals surface area (Å²) in [4.78, 5) is 4.82. The summed E-state index contributed by atoms with van der Waals surface area (Å²) in [7, 11) is 0. The van der Waals surface area contributed by atoms with E-state index in [1.807, 2.05) is 6.07 Å². The average molecular weight is 252 g/mol. The molecule has 0 aliphatic carbocycles. The van der Waals surface area contributed by atoms with Crippen LogP contribution in [0.4, 0.5) is 4.39 Å². The Labute approximate surface area is 103 Å². The largest absolute Gasteiger partial charge is 0.338 e. The van der Waals surface area contributed by atoms with Gasteiger partial charge in [0, 0.05) is 11.3 Å². The molecule has 0 amide bonds. The first-order valence-electron chi connectivity index (χ1n) is 5.48. The normalized spacial score (nSPS) is 10.7. The summed E-state index contributed by atoms with van der Waals surface area (Å²) in [6, 6.07) is 6.66. The number of aromatic nitrogens is 2. The van der Waals surface area contributed by atoms with Gasteiger partial charge >= 0.3 is 0 Å². The van der Waals surface area contributed by atoms with Crippen LogP contribution < -0.4 is 0 Å². The SMILES string of the molecule is CCCc1noc(CSc2ccccc2F)n1. The molecule has 0 fully saturated rings. The first-order valence-corrected chi connectivity index (χ1v) is 6.47. The topological polar surface area (TPSA) is 38.9 Å². The molecule has 0 aliphatic heterocycles. The summed E-state index contributed by atoms with van der Waals surface area (Å²) in [6.07, 6.45) is 1.80. The van der Waals surface area contributed by atoms with Crippen LogP contribution in [0.25, 0.3) is 0 Å². The molecular formula is C12H13FN2OS. The number of hydrogen-bond donors (Lipinski definition) is 0. The Balaban J connectivity index is 1.95. The van der Waals surface area contributed by atoms with Crippen LogP contribution in [-0.4, -0.2) is 10.1 Å². The minimum Gasteiger partial charge on any atom is -0.338 e. The van der Waals surface area contributed by atoms with Crippen LogP contribution in [0.1, 0.15) is 25.1 Å². The van der Waals surface area contributed by atoms with Crippen LogP contribution in [0, 0.1) is 5.82 Å². The molecule has 17 heavy (non-hydrogen) atoms. The highest BCUT2D eigenvalue weighted by atomic mass is 32.2. The number of thioether (sulfide) groups is 1. The lowest BCUT2D eigenvalue weighted by atomic mass is 10.3. The summed E-state index contributed by atoms with van der Waals surface area (Å²) in [5, 5.41) is 3.85. The van der Waals surface area contributed by atoms with E-state index in [2.05, 4.69) is 17.1 Å². The summed E-state index contributed by atoms with van der Waals surface area (Å²) in [5.41, 5.74) is 0. The fraction of sp³-hybridized carbons (Fsp3) is 0.333. The van der Waals surface area contributed by atoms with Gasteiger partial charge < -0.3 is 4.52 Å². The van der Waals surface area contributed by atoms with Crippen molar-refractivity contribution in [1.29, 1.82) is 0 Å². The molecule has 1 aromatic carbocycles. The molecule has 0 spiro atoms. The second kappa shape index (κ2) is 5.82. The van der Waals surface area contributed by atoms with Crippen molar-refractivity contribution in [3.05, 3.63) is 41.8 Å². The van der Waals surface area contributed by atoms with Gasteiger partial charge in [0.2, 0.25) is 5.89 Å². The van der Waals surface area contributed by atoms with E-state index < -0.39 is 0 Å². The van der Waals surface area contributed by atoms with Crippen molar-refractivity contribution in [3.63, 3.8) is 0 Å². The third-order valence-corrected chi connectivity index (χ3v) is 3.20. The van der Waals surface area contributed by atoms with Gasteiger partial charge in [0.1, 0.15) is 5.82 Å². The van der Waals surface area contributed by atoms with Gasteiger partial charge in [-0.3, -0.25) is 0 Å². The van der Waals surface area contributed by atoms with Crippen molar-refractivity contribution in [2.45, 2.75) is 30.4 Å². The summed E-state index contributed by atoms with van der Waals surface area (Å²) < 4.78 is 18.4. The highest BCUT2D eigenvalue weighted by Gasteiger charge is 2.07. The molecule has 2 rings (SSSR count). The molecule has 0 saturated carbocycles. The van der Waals surface area contributed by atoms with Crippen molar-refractivity contribution in [3.8, 4) is 0 Å². The van der Waals surface area contributed by atoms with Crippen LogP contribution >= 0.6 is 11.8 Å². The van der Waals surface area contributed by atoms with Crippen molar-refractivity contribution in [2.24, 2.45) is 0 Å². The van der Waals surface area contributed by atoms with Crippen LogP contribution in [-0.2, 0) is 12.2 Å². The van der Waals surface area contributed by atoms with Gasteiger partial charge in [-0.2, -0.15) is 4.98 Å². The Morgan fingerprint density at radius 1 is 1.35 bits per heavy atom. The maximum atomic E-state index is 13.3. The second-order valence-corrected chi connectivity index (χ2v) is 4.59. The molecule has 2 aromatic rings. The monoisotopic (exact) mass is 252 g/mol. The van der Waals surface area contributed by atoms with Crippen LogP contribution in [0.3, 0.4) is 0 Å². The third kappa shape index (κ3) is 3.30. The number of benzene rings is 1. The molecule has 0 radical (unpaired) electrons. The van der Waals surface area contributed by atoms with E-state index in [0.717, 1.165) is 18.7 Å². The number of halogens is 1. The Morgan fingerprint density at radius 2 is 2.18 bits per heavy atom. The highest BCUT2D eigenvalue weighted by molar-refractivity contribution is 7.98. The zero-order chi connectivity index (χ0) is 12.1. The number of aryl methyl sites for hydroxylation is 1. The summed E-state index contributed by atoms with van der Waals surface area (Å²) in [5.74, 6) is 1.54. The molecule has 1 aromatic heterocycles. The fourth-order valence-electron chi connectivity index (χ4n) is 1.38. The lowest BCUT2D eigenvalue weighted by Gasteiger charge is -1.98. The van der Waals surface area contributed by atoms with Crippen molar-refractivity contribution in [1.82, 2.24) is 10.1 Å². The van der Waals surface area contributed by atoms with E-state index >= 15 is 0 Å². The molecular weight excluding hydrogens is 239 g/mol. The van der Waals surface area contributed by atoms with Gasteiger partial charge in [0.05, 0.1) is 5.75 Å². The average Bonchev–Trinajstić information content (AvgIpc) is 2.76. The molecule has 1 heterocycles. The number of hydrogen-bond acceptors (Lipinski definition) is 4. The molecule has 90 valence electrons. The van der Waals surface area contributed by atoms with E-state index in [-0.39, 0.29) is 5.82 Å². The second-order valence-electron chi connectivity index (χ2n) is 3.57. The van der Waals surface area contributed by atoms with Gasteiger partial charge in [0.25, 0.3) is 0 Å². The van der Waals surface area contributed by atoms with Gasteiger partial charge in [-0.15, -0.1) is 11.8 Å². The standard InChI is InChI=1S/C12H13FN2OS/c1-2-5-11-14-12(16-15-11)8-17-10-7-4-3-6-9(10)13/h3-4,6-7H,2,5,8H2,1H3. The van der Waals surface area contributed by atoms with Gasteiger partial charge in [-0.05, 0) is 18.6 Å². The smallest absolute Gasteiger partial charge is 0.237 e. The molecule has 0 N–H and O–H groups in total. The minimum atomic E-state index is -0.217. The van der Waals surface area contributed by atoms with Gasteiger partial charge in [-0.1, -0.05) is 24.2 Å². The van der Waals surface area contributed by atoms with E-state index in [4.69, 9.17) is 4.52 Å². The zero-order valence-corrected chi connectivity index (χ0v) is 10.3. The number of rotatable bonds is 5. The molecule has 0 bridgehead atoms. The fourth-order valence-corrected chi connectivity index (χ4v) is 2.15. The predicted molar refractivity (Wildman–Crippen MR) is 64.3 cm³/mol. The molecule has 5 heteroatoms. The van der Waals surface area contributed by atoms with Crippen LogP contribution in [0.15, 0.2) is 33.7 Å². The van der Waals surface area contributed by atoms with E-state index in [9.17, 15) is 4.39 Å². The van der Waals surface area contributed by atoms with Crippen LogP contribution in [0.5, 0.6) is 0 Å². The lowest BCUT2D eigenvalue weighted by molar-refractivity contribution is 0.384. The summed E-state index contributed by atoms with van der Waals surface area (Å²) in [6.45, 7) is 2.06. The molecule has 0 saturated heterocycles. The maximum Gasteiger partial charge on any atom is 0.237 e. The minimum absolute atomic E-state index is 0.217. The summed E-state index contributed by atoms with van der Waals surface area (Å²) >= 11 is 1.36. The Bertz CT molecular complexity index is 487. The molecule has 3 nitrogen and oxygen atoms in total. The zero-order valence-electron chi connectivity index (χ0n) is 9.52. The molecule has 0 atom stereocenters. The lowest BCUT2D eigenvalue weighted by Crippen LogP contribution is -1.87. The Hall–Kier alpha value is -1.36. The van der Waals surface area contributed by atoms with Gasteiger partial charge in [-0.25, -0.2) is 4.39 Å².